The van der Waals surface area contributed by atoms with Gasteiger partial charge >= 0.3 is 6.03 Å². The van der Waals surface area contributed by atoms with Crippen LogP contribution in [0.5, 0.6) is 0 Å². The topological polar surface area (TPSA) is 54.3 Å². The lowest BCUT2D eigenvalue weighted by Crippen LogP contribution is -2.36. The van der Waals surface area contributed by atoms with Crippen LogP contribution >= 0.6 is 22.9 Å². The fraction of sp³-hybridized carbons (Fsp3) is 0.250. The van der Waals surface area contributed by atoms with Crippen molar-refractivity contribution in [3.8, 4) is 0 Å². The van der Waals surface area contributed by atoms with Gasteiger partial charge in [-0.25, -0.2) is 4.79 Å². The molecule has 0 aliphatic heterocycles. The number of carbonyl (C=O) groups excluding carboxylic acids is 1. The Labute approximate surface area is 114 Å². The predicted octanol–water partition coefficient (Wildman–Crippen LogP) is 3.55. The maximum Gasteiger partial charge on any atom is 0.315 e. The third kappa shape index (κ3) is 3.51. The third-order valence-electron chi connectivity index (χ3n) is 2.40. The lowest BCUT2D eigenvalue weighted by molar-refractivity contribution is 0.237. The Morgan fingerprint density at radius 2 is 2.33 bits per heavy atom. The molecule has 2 amide bonds. The van der Waals surface area contributed by atoms with Crippen molar-refractivity contribution in [1.82, 2.24) is 10.6 Å². The summed E-state index contributed by atoms with van der Waals surface area (Å²) in [7, 11) is 0. The molecule has 0 spiro atoms. The molecule has 0 fully saturated rings. The minimum atomic E-state index is -0.215. The van der Waals surface area contributed by atoms with E-state index in [2.05, 4.69) is 10.6 Å². The molecule has 2 aromatic heterocycles. The Hall–Kier alpha value is -1.46. The molecule has 1 atom stereocenters. The molecule has 2 heterocycles. The van der Waals surface area contributed by atoms with Crippen LogP contribution in [0, 0.1) is 0 Å². The zero-order valence-electron chi connectivity index (χ0n) is 9.77. The van der Waals surface area contributed by atoms with E-state index in [1.165, 1.54) is 11.3 Å². The average molecular weight is 285 g/mol. The van der Waals surface area contributed by atoms with Crippen LogP contribution in [0.1, 0.15) is 23.4 Å². The fourth-order valence-corrected chi connectivity index (χ4v) is 2.52. The summed E-state index contributed by atoms with van der Waals surface area (Å²) in [4.78, 5) is 12.7. The van der Waals surface area contributed by atoms with Crippen LogP contribution < -0.4 is 10.6 Å². The van der Waals surface area contributed by atoms with E-state index in [1.807, 2.05) is 25.1 Å². The van der Waals surface area contributed by atoms with Crippen LogP contribution in [-0.4, -0.2) is 6.03 Å². The van der Waals surface area contributed by atoms with Gasteiger partial charge in [-0.1, -0.05) is 11.6 Å². The standard InChI is InChI=1S/C12H13ClN2O2S/c1-8(10-2-3-11(13)18-10)15-12(16)14-6-9-4-5-17-7-9/h2-5,7-8H,6H2,1H3,(H2,14,15,16)/t8-/m0/s1. The fourth-order valence-electron chi connectivity index (χ4n) is 1.46. The maximum atomic E-state index is 11.6. The Kier molecular flexibility index (Phi) is 4.28. The number of hydrogen-bond donors (Lipinski definition) is 2. The van der Waals surface area contributed by atoms with Gasteiger partial charge in [0.05, 0.1) is 22.9 Å². The summed E-state index contributed by atoms with van der Waals surface area (Å²) in [6.45, 7) is 2.36. The number of thiophene rings is 1. The summed E-state index contributed by atoms with van der Waals surface area (Å²) in [5.74, 6) is 0. The second-order valence-electron chi connectivity index (χ2n) is 3.82. The molecule has 2 rings (SSSR count). The molecular weight excluding hydrogens is 272 g/mol. The summed E-state index contributed by atoms with van der Waals surface area (Å²) in [6, 6.07) is 5.26. The van der Waals surface area contributed by atoms with Gasteiger partial charge in [-0.3, -0.25) is 0 Å². The van der Waals surface area contributed by atoms with Crippen molar-refractivity contribution in [3.63, 3.8) is 0 Å². The lowest BCUT2D eigenvalue weighted by Gasteiger charge is -2.12. The molecule has 0 radical (unpaired) electrons. The first-order valence-corrected chi connectivity index (χ1v) is 6.65. The van der Waals surface area contributed by atoms with Crippen LogP contribution in [0.2, 0.25) is 4.34 Å². The normalized spacial score (nSPS) is 12.1. The SMILES string of the molecule is C[C@H](NC(=O)NCc1ccoc1)c1ccc(Cl)s1. The third-order valence-corrected chi connectivity index (χ3v) is 3.82. The van der Waals surface area contributed by atoms with E-state index >= 15 is 0 Å². The molecule has 0 unspecified atom stereocenters. The summed E-state index contributed by atoms with van der Waals surface area (Å²) in [5, 5.41) is 5.60. The van der Waals surface area contributed by atoms with Gasteiger partial charge in [0.2, 0.25) is 0 Å². The Bertz CT molecular complexity index is 510. The summed E-state index contributed by atoms with van der Waals surface area (Å²) >= 11 is 7.31. The zero-order valence-corrected chi connectivity index (χ0v) is 11.3. The van der Waals surface area contributed by atoms with Gasteiger partial charge < -0.3 is 15.1 Å². The number of urea groups is 1. The molecule has 0 aliphatic rings. The van der Waals surface area contributed by atoms with E-state index < -0.39 is 0 Å². The van der Waals surface area contributed by atoms with Crippen molar-refractivity contribution < 1.29 is 9.21 Å². The number of amides is 2. The first kappa shape index (κ1) is 13.0. The van der Waals surface area contributed by atoms with Crippen LogP contribution in [0.3, 0.4) is 0 Å². The molecule has 0 aliphatic carbocycles. The number of hydrogen-bond acceptors (Lipinski definition) is 3. The molecule has 2 N–H and O–H groups in total. The Morgan fingerprint density at radius 1 is 1.50 bits per heavy atom. The molecule has 0 bridgehead atoms. The molecule has 96 valence electrons. The second kappa shape index (κ2) is 5.93. The highest BCUT2D eigenvalue weighted by atomic mass is 35.5. The van der Waals surface area contributed by atoms with E-state index in [0.29, 0.717) is 6.54 Å². The number of rotatable bonds is 4. The minimum absolute atomic E-state index is 0.0631. The van der Waals surface area contributed by atoms with E-state index in [1.54, 1.807) is 12.5 Å². The first-order chi connectivity index (χ1) is 8.65. The van der Waals surface area contributed by atoms with Crippen LogP contribution in [-0.2, 0) is 6.54 Å². The van der Waals surface area contributed by atoms with E-state index in [-0.39, 0.29) is 12.1 Å². The quantitative estimate of drug-likeness (QED) is 0.902. The van der Waals surface area contributed by atoms with Crippen molar-refractivity contribution in [1.29, 1.82) is 0 Å². The molecule has 0 aromatic carbocycles. The molecule has 2 aromatic rings. The largest absolute Gasteiger partial charge is 0.472 e. The number of furan rings is 1. The van der Waals surface area contributed by atoms with Gasteiger partial charge in [-0.15, -0.1) is 11.3 Å². The zero-order chi connectivity index (χ0) is 13.0. The minimum Gasteiger partial charge on any atom is -0.472 e. The van der Waals surface area contributed by atoms with Gasteiger partial charge in [0.1, 0.15) is 0 Å². The van der Waals surface area contributed by atoms with Crippen molar-refractivity contribution >= 4 is 29.0 Å². The predicted molar refractivity (Wildman–Crippen MR) is 71.8 cm³/mol. The summed E-state index contributed by atoms with van der Waals surface area (Å²) in [5.41, 5.74) is 0.928. The van der Waals surface area contributed by atoms with Gasteiger partial charge in [0.25, 0.3) is 0 Å². The highest BCUT2D eigenvalue weighted by molar-refractivity contribution is 7.16. The van der Waals surface area contributed by atoms with Crippen molar-refractivity contribution in [3.05, 3.63) is 45.5 Å². The second-order valence-corrected chi connectivity index (χ2v) is 5.57. The molecular formula is C12H13ClN2O2S. The Balaban J connectivity index is 1.80. The van der Waals surface area contributed by atoms with Gasteiger partial charge in [-0.05, 0) is 25.1 Å². The molecule has 6 heteroatoms. The molecule has 4 nitrogen and oxygen atoms in total. The smallest absolute Gasteiger partial charge is 0.315 e. The number of halogens is 1. The average Bonchev–Trinajstić information content (AvgIpc) is 2.97. The van der Waals surface area contributed by atoms with Gasteiger partial charge in [-0.2, -0.15) is 0 Å². The molecule has 18 heavy (non-hydrogen) atoms. The Morgan fingerprint density at radius 3 is 2.94 bits per heavy atom. The first-order valence-electron chi connectivity index (χ1n) is 5.46. The molecule has 0 saturated carbocycles. The maximum absolute atomic E-state index is 11.6. The summed E-state index contributed by atoms with van der Waals surface area (Å²) in [6.07, 6.45) is 3.17. The highest BCUT2D eigenvalue weighted by Gasteiger charge is 2.11. The van der Waals surface area contributed by atoms with E-state index in [4.69, 9.17) is 16.0 Å². The number of nitrogens with one attached hydrogen (secondary N) is 2. The van der Waals surface area contributed by atoms with Crippen molar-refractivity contribution in [2.24, 2.45) is 0 Å². The van der Waals surface area contributed by atoms with Crippen LogP contribution in [0.4, 0.5) is 4.79 Å². The van der Waals surface area contributed by atoms with Crippen LogP contribution in [0.15, 0.2) is 35.1 Å². The number of carbonyl (C=O) groups is 1. The lowest BCUT2D eigenvalue weighted by atomic mass is 10.3. The monoisotopic (exact) mass is 284 g/mol. The van der Waals surface area contributed by atoms with E-state index in [9.17, 15) is 4.79 Å². The van der Waals surface area contributed by atoms with Crippen molar-refractivity contribution in [2.75, 3.05) is 0 Å². The van der Waals surface area contributed by atoms with Gasteiger partial charge in [0.15, 0.2) is 0 Å². The summed E-state index contributed by atoms with van der Waals surface area (Å²) < 4.78 is 5.64. The highest BCUT2D eigenvalue weighted by Crippen LogP contribution is 2.26. The van der Waals surface area contributed by atoms with E-state index in [0.717, 1.165) is 14.8 Å². The van der Waals surface area contributed by atoms with Gasteiger partial charge in [0, 0.05) is 17.0 Å². The van der Waals surface area contributed by atoms with Crippen LogP contribution in [0.25, 0.3) is 0 Å². The molecule has 0 saturated heterocycles. The van der Waals surface area contributed by atoms with Crippen molar-refractivity contribution in [2.45, 2.75) is 19.5 Å².